The molecule has 110 valence electrons. The van der Waals surface area contributed by atoms with Crippen molar-refractivity contribution in [3.05, 3.63) is 52.0 Å². The number of fused-ring (bicyclic) bond motifs is 1. The Kier molecular flexibility index (Phi) is 4.09. The second kappa shape index (κ2) is 5.85. The van der Waals surface area contributed by atoms with Gasteiger partial charge in [0.1, 0.15) is 18.1 Å². The zero-order valence-electron chi connectivity index (χ0n) is 11.2. The Hall–Kier alpha value is -1.26. The van der Waals surface area contributed by atoms with E-state index in [1.54, 1.807) is 18.2 Å². The van der Waals surface area contributed by atoms with Gasteiger partial charge in [0.25, 0.3) is 0 Å². The van der Waals surface area contributed by atoms with Gasteiger partial charge in [-0.1, -0.05) is 47.5 Å². The molecule has 5 heteroatoms. The largest absolute Gasteiger partial charge is 0.485 e. The number of para-hydroxylation sites is 1. The monoisotopic (exact) mass is 323 g/mol. The highest BCUT2D eigenvalue weighted by atomic mass is 35.5. The molecule has 1 heterocycles. The van der Waals surface area contributed by atoms with Crippen molar-refractivity contribution in [3.8, 4) is 16.9 Å². The van der Waals surface area contributed by atoms with Gasteiger partial charge < -0.3 is 15.6 Å². The predicted molar refractivity (Wildman–Crippen MR) is 84.8 cm³/mol. The number of rotatable bonds is 2. The maximum absolute atomic E-state index is 9.57. The molecule has 0 aliphatic carbocycles. The Balaban J connectivity index is 2.13. The minimum absolute atomic E-state index is 0.417. The van der Waals surface area contributed by atoms with Crippen molar-refractivity contribution in [1.82, 2.24) is 0 Å². The summed E-state index contributed by atoms with van der Waals surface area (Å²) in [6, 6.07) is 11.3. The van der Waals surface area contributed by atoms with E-state index in [-0.39, 0.29) is 0 Å². The number of hydrogen-bond donors (Lipinski definition) is 2. The van der Waals surface area contributed by atoms with E-state index >= 15 is 0 Å². The van der Waals surface area contributed by atoms with Crippen LogP contribution in [0.25, 0.3) is 11.1 Å². The van der Waals surface area contributed by atoms with Crippen LogP contribution in [-0.2, 0) is 6.42 Å². The molecule has 3 N–H and O–H groups in total. The highest BCUT2D eigenvalue weighted by Crippen LogP contribution is 2.43. The Morgan fingerprint density at radius 1 is 1.14 bits per heavy atom. The first-order valence-electron chi connectivity index (χ1n) is 6.74. The van der Waals surface area contributed by atoms with Gasteiger partial charge in [0.2, 0.25) is 0 Å². The average molecular weight is 324 g/mol. The summed E-state index contributed by atoms with van der Waals surface area (Å²) in [4.78, 5) is 0. The lowest BCUT2D eigenvalue weighted by molar-refractivity contribution is 0.0286. The summed E-state index contributed by atoms with van der Waals surface area (Å²) in [6.07, 6.45) is 0.0574. The van der Waals surface area contributed by atoms with E-state index < -0.39 is 12.3 Å². The lowest BCUT2D eigenvalue weighted by atomic mass is 9.95. The third-order valence-electron chi connectivity index (χ3n) is 3.68. The van der Waals surface area contributed by atoms with Crippen LogP contribution in [0.5, 0.6) is 5.75 Å². The van der Waals surface area contributed by atoms with Gasteiger partial charge in [0, 0.05) is 11.1 Å². The fourth-order valence-corrected chi connectivity index (χ4v) is 3.22. The molecular weight excluding hydrogens is 309 g/mol. The lowest BCUT2D eigenvalue weighted by Crippen LogP contribution is -2.40. The quantitative estimate of drug-likeness (QED) is 0.830. The fraction of sp³-hybridized carbons (Fsp3) is 0.250. The van der Waals surface area contributed by atoms with Crippen molar-refractivity contribution in [1.29, 1.82) is 0 Å². The molecule has 0 bridgehead atoms. The standard InChI is InChI=1S/C16H15Cl2NO2/c17-11-5-2-6-12(18)14(11)10-4-1-3-9-7-8-13(16(19)20)21-15(9)10/h1-6,13,16,20H,7-8,19H2/t13-,16?/m1/s1. The molecule has 0 aromatic heterocycles. The third kappa shape index (κ3) is 2.74. The predicted octanol–water partition coefficient (Wildman–Crippen LogP) is 3.63. The number of aliphatic hydroxyl groups is 1. The first-order valence-corrected chi connectivity index (χ1v) is 7.50. The van der Waals surface area contributed by atoms with Crippen molar-refractivity contribution in [3.63, 3.8) is 0 Å². The number of halogens is 2. The smallest absolute Gasteiger partial charge is 0.139 e. The Morgan fingerprint density at radius 2 is 1.81 bits per heavy atom. The van der Waals surface area contributed by atoms with Crippen LogP contribution in [0.15, 0.2) is 36.4 Å². The summed E-state index contributed by atoms with van der Waals surface area (Å²) in [5, 5.41) is 10.7. The number of hydrogen-bond acceptors (Lipinski definition) is 3. The molecule has 2 aromatic rings. The van der Waals surface area contributed by atoms with Crippen LogP contribution in [0, 0.1) is 0 Å². The van der Waals surface area contributed by atoms with Crippen LogP contribution in [0.1, 0.15) is 12.0 Å². The molecule has 0 amide bonds. The van der Waals surface area contributed by atoms with Gasteiger partial charge in [-0.05, 0) is 30.5 Å². The summed E-state index contributed by atoms with van der Waals surface area (Å²) in [6.45, 7) is 0. The second-order valence-corrected chi connectivity index (χ2v) is 5.89. The fourth-order valence-electron chi connectivity index (χ4n) is 2.62. The number of aliphatic hydroxyl groups excluding tert-OH is 1. The van der Waals surface area contributed by atoms with Crippen LogP contribution in [0.3, 0.4) is 0 Å². The number of ether oxygens (including phenoxy) is 1. The van der Waals surface area contributed by atoms with Crippen LogP contribution in [0.4, 0.5) is 0 Å². The van der Waals surface area contributed by atoms with Crippen LogP contribution in [-0.4, -0.2) is 17.4 Å². The van der Waals surface area contributed by atoms with Crippen molar-refractivity contribution in [2.24, 2.45) is 5.73 Å². The van der Waals surface area contributed by atoms with Crippen molar-refractivity contribution >= 4 is 23.2 Å². The van der Waals surface area contributed by atoms with E-state index in [4.69, 9.17) is 33.7 Å². The summed E-state index contributed by atoms with van der Waals surface area (Å²) >= 11 is 12.6. The topological polar surface area (TPSA) is 55.5 Å². The lowest BCUT2D eigenvalue weighted by Gasteiger charge is -2.29. The van der Waals surface area contributed by atoms with Crippen molar-refractivity contribution in [2.45, 2.75) is 25.2 Å². The summed E-state index contributed by atoms with van der Waals surface area (Å²) < 4.78 is 5.90. The first kappa shape index (κ1) is 14.7. The van der Waals surface area contributed by atoms with Gasteiger partial charge in [0.05, 0.1) is 10.0 Å². The van der Waals surface area contributed by atoms with Crippen LogP contribution >= 0.6 is 23.2 Å². The highest BCUT2D eigenvalue weighted by molar-refractivity contribution is 6.39. The van der Waals surface area contributed by atoms with E-state index in [9.17, 15) is 5.11 Å². The van der Waals surface area contributed by atoms with E-state index in [1.165, 1.54) is 0 Å². The second-order valence-electron chi connectivity index (χ2n) is 5.08. The highest BCUT2D eigenvalue weighted by Gasteiger charge is 2.27. The van der Waals surface area contributed by atoms with Crippen LogP contribution < -0.4 is 10.5 Å². The van der Waals surface area contributed by atoms with Gasteiger partial charge in [-0.3, -0.25) is 0 Å². The Labute approximate surface area is 133 Å². The van der Waals surface area contributed by atoms with Gasteiger partial charge >= 0.3 is 0 Å². The molecule has 0 spiro atoms. The molecule has 3 rings (SSSR count). The minimum atomic E-state index is -1.01. The van der Waals surface area contributed by atoms with Crippen molar-refractivity contribution < 1.29 is 9.84 Å². The Bertz CT molecular complexity index is 653. The van der Waals surface area contributed by atoms with Gasteiger partial charge in [-0.15, -0.1) is 0 Å². The van der Waals surface area contributed by atoms with Crippen LogP contribution in [0.2, 0.25) is 10.0 Å². The van der Waals surface area contributed by atoms with E-state index in [1.807, 2.05) is 18.2 Å². The summed E-state index contributed by atoms with van der Waals surface area (Å²) in [5.74, 6) is 0.702. The normalized spacial score (nSPS) is 18.8. The molecule has 0 fully saturated rings. The zero-order valence-corrected chi connectivity index (χ0v) is 12.7. The van der Waals surface area contributed by atoms with E-state index in [0.717, 1.165) is 23.1 Å². The first-order chi connectivity index (χ1) is 10.1. The molecule has 3 nitrogen and oxygen atoms in total. The molecule has 1 aliphatic rings. The number of aryl methyl sites for hydroxylation is 1. The molecular formula is C16H15Cl2NO2. The number of benzene rings is 2. The van der Waals surface area contributed by atoms with E-state index in [2.05, 4.69) is 0 Å². The zero-order chi connectivity index (χ0) is 15.0. The molecule has 0 radical (unpaired) electrons. The average Bonchev–Trinajstić information content (AvgIpc) is 2.46. The molecule has 2 aromatic carbocycles. The maximum Gasteiger partial charge on any atom is 0.139 e. The SMILES string of the molecule is NC(O)[C@H]1CCc2cccc(-c3c(Cl)cccc3Cl)c2O1. The third-order valence-corrected chi connectivity index (χ3v) is 4.31. The summed E-state index contributed by atoms with van der Waals surface area (Å²) in [5.41, 5.74) is 8.19. The molecule has 2 atom stereocenters. The van der Waals surface area contributed by atoms with Crippen molar-refractivity contribution in [2.75, 3.05) is 0 Å². The maximum atomic E-state index is 9.57. The van der Waals surface area contributed by atoms with Gasteiger partial charge in [-0.25, -0.2) is 0 Å². The molecule has 1 unspecified atom stereocenters. The van der Waals surface area contributed by atoms with E-state index in [0.29, 0.717) is 22.2 Å². The molecule has 0 saturated carbocycles. The summed E-state index contributed by atoms with van der Waals surface area (Å²) in [7, 11) is 0. The molecule has 1 aliphatic heterocycles. The Morgan fingerprint density at radius 3 is 2.48 bits per heavy atom. The van der Waals surface area contributed by atoms with Gasteiger partial charge in [-0.2, -0.15) is 0 Å². The molecule has 0 saturated heterocycles. The molecule has 21 heavy (non-hydrogen) atoms. The minimum Gasteiger partial charge on any atom is -0.485 e. The van der Waals surface area contributed by atoms with Gasteiger partial charge in [0.15, 0.2) is 0 Å². The number of nitrogens with two attached hydrogens (primary N) is 1.